The van der Waals surface area contributed by atoms with E-state index in [-0.39, 0.29) is 22.4 Å². The van der Waals surface area contributed by atoms with Crippen molar-refractivity contribution in [2.75, 3.05) is 7.11 Å². The van der Waals surface area contributed by atoms with Gasteiger partial charge in [-0.25, -0.2) is 0 Å². The van der Waals surface area contributed by atoms with E-state index in [1.165, 1.54) is 31.4 Å². The smallest absolute Gasteiger partial charge is 0.270 e. The van der Waals surface area contributed by atoms with Gasteiger partial charge in [-0.15, -0.1) is 0 Å². The zero-order chi connectivity index (χ0) is 18.7. The number of ketones is 1. The fraction of sp³-hybridized carbons (Fsp3) is 0.235. The van der Waals surface area contributed by atoms with Gasteiger partial charge in [-0.05, 0) is 31.0 Å². The molecular weight excluding hydrogens is 328 g/mol. The van der Waals surface area contributed by atoms with Crippen molar-refractivity contribution in [1.29, 1.82) is 0 Å². The third-order valence-corrected chi connectivity index (χ3v) is 4.00. The van der Waals surface area contributed by atoms with Crippen LogP contribution in [-0.4, -0.2) is 22.7 Å². The quantitative estimate of drug-likeness (QED) is 0.452. The highest BCUT2D eigenvalue weighted by Gasteiger charge is 2.24. The van der Waals surface area contributed by atoms with Crippen molar-refractivity contribution in [3.63, 3.8) is 0 Å². The first kappa shape index (κ1) is 18.1. The van der Waals surface area contributed by atoms with Crippen molar-refractivity contribution in [3.8, 4) is 5.75 Å². The van der Waals surface area contributed by atoms with Crippen molar-refractivity contribution < 1.29 is 19.4 Å². The highest BCUT2D eigenvalue weighted by atomic mass is 16.6. The normalized spacial score (nSPS) is 10.4. The van der Waals surface area contributed by atoms with E-state index in [2.05, 4.69) is 0 Å². The van der Waals surface area contributed by atoms with Crippen molar-refractivity contribution in [1.82, 2.24) is 0 Å². The number of non-ortho nitro benzene ring substituents is 1. The van der Waals surface area contributed by atoms with Crippen LogP contribution in [0.5, 0.6) is 5.75 Å². The number of rotatable bonds is 6. The lowest BCUT2D eigenvalue weighted by Gasteiger charge is -2.15. The Morgan fingerprint density at radius 2 is 1.80 bits per heavy atom. The fourth-order valence-corrected chi connectivity index (χ4v) is 2.65. The van der Waals surface area contributed by atoms with E-state index in [9.17, 15) is 25.0 Å². The molecule has 0 fully saturated rings. The Morgan fingerprint density at radius 3 is 2.36 bits per heavy atom. The summed E-state index contributed by atoms with van der Waals surface area (Å²) in [5.41, 5.74) is 1.50. The zero-order valence-corrected chi connectivity index (χ0v) is 13.9. The summed E-state index contributed by atoms with van der Waals surface area (Å²) in [7, 11) is 1.44. The molecule has 2 aromatic rings. The first-order chi connectivity index (χ1) is 11.8. The van der Waals surface area contributed by atoms with Gasteiger partial charge >= 0.3 is 0 Å². The molecule has 0 bridgehead atoms. The van der Waals surface area contributed by atoms with Crippen LogP contribution in [0.4, 0.5) is 5.69 Å². The Balaban J connectivity index is 2.65. The lowest BCUT2D eigenvalue weighted by atomic mass is 9.90. The maximum atomic E-state index is 12.9. The summed E-state index contributed by atoms with van der Waals surface area (Å²) in [6.45, 7) is 2.87. The van der Waals surface area contributed by atoms with E-state index in [1.807, 2.05) is 0 Å². The average Bonchev–Trinajstić information content (AvgIpc) is 2.57. The van der Waals surface area contributed by atoms with E-state index < -0.39 is 22.2 Å². The van der Waals surface area contributed by atoms with E-state index in [0.717, 1.165) is 6.07 Å². The summed E-state index contributed by atoms with van der Waals surface area (Å²) in [5.74, 6) is -0.0475. The van der Waals surface area contributed by atoms with E-state index >= 15 is 0 Å². The van der Waals surface area contributed by atoms with Gasteiger partial charge in [0.25, 0.3) is 5.69 Å². The predicted octanol–water partition coefficient (Wildman–Crippen LogP) is 3.23. The van der Waals surface area contributed by atoms with E-state index in [1.54, 1.807) is 13.8 Å². The molecule has 0 saturated heterocycles. The lowest BCUT2D eigenvalue weighted by Crippen LogP contribution is -2.13. The third-order valence-electron chi connectivity index (χ3n) is 4.00. The fourth-order valence-electron chi connectivity index (χ4n) is 2.65. The molecule has 0 saturated carbocycles. The molecule has 0 aliphatic carbocycles. The topological polar surface area (TPSA) is 113 Å². The number of carbonyl (C=O) groups is 1. The monoisotopic (exact) mass is 344 g/mol. The van der Waals surface area contributed by atoms with Gasteiger partial charge in [0.15, 0.2) is 5.78 Å². The number of ether oxygens (including phenoxy) is 1. The van der Waals surface area contributed by atoms with Gasteiger partial charge < -0.3 is 4.74 Å². The number of methoxy groups -OCH3 is 1. The minimum Gasteiger partial charge on any atom is -0.496 e. The molecule has 0 aromatic heterocycles. The minimum atomic E-state index is -0.596. The summed E-state index contributed by atoms with van der Waals surface area (Å²) in [6.07, 6.45) is 0. The molecule has 0 atom stereocenters. The number of nitrogens with zero attached hydrogens (tertiary/aromatic N) is 2. The van der Waals surface area contributed by atoms with Crippen LogP contribution in [0.25, 0.3) is 0 Å². The van der Waals surface area contributed by atoms with Crippen LogP contribution in [0.1, 0.15) is 32.6 Å². The highest BCUT2D eigenvalue weighted by molar-refractivity contribution is 6.11. The van der Waals surface area contributed by atoms with Gasteiger partial charge in [-0.1, -0.05) is 12.1 Å². The molecule has 0 aliphatic heterocycles. The van der Waals surface area contributed by atoms with Crippen molar-refractivity contribution >= 4 is 11.5 Å². The Kier molecular flexibility index (Phi) is 5.11. The number of benzene rings is 2. The van der Waals surface area contributed by atoms with Crippen LogP contribution in [0.15, 0.2) is 30.3 Å². The molecule has 130 valence electrons. The Morgan fingerprint density at radius 1 is 1.12 bits per heavy atom. The first-order valence-corrected chi connectivity index (χ1v) is 7.34. The lowest BCUT2D eigenvalue weighted by molar-refractivity contribution is -0.496. The van der Waals surface area contributed by atoms with Gasteiger partial charge in [-0.3, -0.25) is 25.0 Å². The van der Waals surface area contributed by atoms with E-state index in [0.29, 0.717) is 16.9 Å². The molecule has 0 N–H and O–H groups in total. The molecular formula is C17H16N2O6. The molecule has 0 heterocycles. The van der Waals surface area contributed by atoms with Crippen molar-refractivity contribution in [3.05, 3.63) is 78.4 Å². The summed E-state index contributed by atoms with van der Waals surface area (Å²) in [4.78, 5) is 33.7. The second kappa shape index (κ2) is 7.08. The molecule has 2 rings (SSSR count). The van der Waals surface area contributed by atoms with Crippen molar-refractivity contribution in [2.45, 2.75) is 20.4 Å². The molecule has 8 nitrogen and oxygen atoms in total. The summed E-state index contributed by atoms with van der Waals surface area (Å²) in [6, 6.07) is 6.77. The number of hydrogen-bond acceptors (Lipinski definition) is 6. The van der Waals surface area contributed by atoms with Gasteiger partial charge in [0.1, 0.15) is 5.75 Å². The van der Waals surface area contributed by atoms with Crippen LogP contribution in [0, 0.1) is 34.1 Å². The largest absolute Gasteiger partial charge is 0.496 e. The Hall–Kier alpha value is -3.29. The second-order valence-electron chi connectivity index (χ2n) is 5.49. The summed E-state index contributed by atoms with van der Waals surface area (Å²) in [5, 5.41) is 21.9. The molecule has 2 aromatic carbocycles. The Labute approximate surface area is 143 Å². The molecule has 0 unspecified atom stereocenters. The highest BCUT2D eigenvalue weighted by Crippen LogP contribution is 2.30. The molecule has 25 heavy (non-hydrogen) atoms. The van der Waals surface area contributed by atoms with Gasteiger partial charge in [0, 0.05) is 33.7 Å². The van der Waals surface area contributed by atoms with Gasteiger partial charge in [0.2, 0.25) is 6.54 Å². The van der Waals surface area contributed by atoms with Crippen LogP contribution in [-0.2, 0) is 6.54 Å². The maximum absolute atomic E-state index is 12.9. The van der Waals surface area contributed by atoms with Crippen LogP contribution >= 0.6 is 0 Å². The van der Waals surface area contributed by atoms with Crippen LogP contribution in [0.2, 0.25) is 0 Å². The van der Waals surface area contributed by atoms with Crippen LogP contribution < -0.4 is 4.74 Å². The predicted molar refractivity (Wildman–Crippen MR) is 89.7 cm³/mol. The standard InChI is InChI=1S/C17H16N2O6/c1-10-11(2)16(13(9-18(21)22)8-15(10)25-3)17(20)12-5-4-6-14(7-12)19(23)24/h4-8H,9H2,1-3H3. The average molecular weight is 344 g/mol. The number of hydrogen-bond donors (Lipinski definition) is 0. The molecule has 0 spiro atoms. The maximum Gasteiger partial charge on any atom is 0.270 e. The molecule has 0 aliphatic rings. The second-order valence-corrected chi connectivity index (χ2v) is 5.49. The number of carbonyl (C=O) groups excluding carboxylic acids is 1. The summed E-state index contributed by atoms with van der Waals surface area (Å²) < 4.78 is 5.22. The molecule has 0 amide bonds. The van der Waals surface area contributed by atoms with Gasteiger partial charge in [-0.2, -0.15) is 0 Å². The molecule has 8 heteroatoms. The number of nitro benzene ring substituents is 1. The minimum absolute atomic E-state index is 0.103. The van der Waals surface area contributed by atoms with E-state index in [4.69, 9.17) is 4.74 Å². The van der Waals surface area contributed by atoms with Crippen LogP contribution in [0.3, 0.4) is 0 Å². The summed E-state index contributed by atoms with van der Waals surface area (Å²) >= 11 is 0. The zero-order valence-electron chi connectivity index (χ0n) is 13.9. The third kappa shape index (κ3) is 3.63. The SMILES string of the molecule is COc1cc(C[N+](=O)[O-])c(C(=O)c2cccc([N+](=O)[O-])c2)c(C)c1C. The number of nitro groups is 2. The Bertz CT molecular complexity index is 876. The first-order valence-electron chi connectivity index (χ1n) is 7.34. The molecule has 0 radical (unpaired) electrons. The van der Waals surface area contributed by atoms with Crippen molar-refractivity contribution in [2.24, 2.45) is 0 Å². The van der Waals surface area contributed by atoms with Gasteiger partial charge in [0.05, 0.1) is 12.0 Å².